The van der Waals surface area contributed by atoms with Crippen LogP contribution in [0.2, 0.25) is 5.02 Å². The van der Waals surface area contributed by atoms with E-state index in [2.05, 4.69) is 36.8 Å². The molecule has 4 aliphatic rings. The third kappa shape index (κ3) is 20.2. The number of carbonyl (C=O) groups is 6. The molecule has 13 rings (SSSR count). The number of esters is 3. The highest BCUT2D eigenvalue weighted by Crippen LogP contribution is 2.41. The lowest BCUT2D eigenvalue weighted by atomic mass is 9.75. The number of rotatable bonds is 12. The molecule has 0 spiro atoms. The Morgan fingerprint density at radius 1 is 0.518 bits per heavy atom. The van der Waals surface area contributed by atoms with Crippen LogP contribution in [0.1, 0.15) is 202 Å². The van der Waals surface area contributed by atoms with Gasteiger partial charge < -0.3 is 53.6 Å². The number of carbonyl (C=O) groups excluding carboxylic acids is 6. The Kier molecular flexibility index (Phi) is 26.3. The van der Waals surface area contributed by atoms with E-state index in [1.165, 1.54) is 6.07 Å². The van der Waals surface area contributed by atoms with Crippen molar-refractivity contribution in [1.29, 1.82) is 0 Å². The summed E-state index contributed by atoms with van der Waals surface area (Å²) in [6.45, 7) is 41.1. The zero-order valence-electron chi connectivity index (χ0n) is 68.0. The van der Waals surface area contributed by atoms with Crippen molar-refractivity contribution in [1.82, 2.24) is 69.6 Å². The number of pyridine rings is 3. The van der Waals surface area contributed by atoms with Crippen molar-refractivity contribution in [2.24, 2.45) is 0 Å². The number of halogens is 1. The fraction of sp³-hybridized carbons (Fsp3) is 0.452. The molecule has 0 bridgehead atoms. The van der Waals surface area contributed by atoms with Gasteiger partial charge in [-0.2, -0.15) is 15.3 Å². The van der Waals surface area contributed by atoms with Crippen LogP contribution < -0.4 is 10.6 Å². The van der Waals surface area contributed by atoms with E-state index < -0.39 is 23.5 Å². The number of piperidine rings is 1. The Balaban J connectivity index is 0.000000162. The Labute approximate surface area is 661 Å². The van der Waals surface area contributed by atoms with Crippen LogP contribution >= 0.6 is 11.6 Å². The van der Waals surface area contributed by atoms with Crippen LogP contribution in [0.25, 0.3) is 55.7 Å². The number of nitrogens with one attached hydrogen (secondary N) is 2. The van der Waals surface area contributed by atoms with Gasteiger partial charge in [-0.05, 0) is 240 Å². The lowest BCUT2D eigenvalue weighted by molar-refractivity contribution is 0.00578. The number of fused-ring (bicyclic) bond motifs is 3. The molecule has 28 heteroatoms. The van der Waals surface area contributed by atoms with E-state index in [1.807, 2.05) is 219 Å². The van der Waals surface area contributed by atoms with Gasteiger partial charge in [0, 0.05) is 61.1 Å². The molecule has 5 amide bonds. The summed E-state index contributed by atoms with van der Waals surface area (Å²) in [5.41, 5.74) is 9.98. The maximum absolute atomic E-state index is 12.7. The molecule has 9 aromatic rings. The van der Waals surface area contributed by atoms with Gasteiger partial charge in [-0.3, -0.25) is 0 Å². The van der Waals surface area contributed by atoms with Gasteiger partial charge in [-0.15, -0.1) is 0 Å². The standard InChI is InChI=1S/C26H33N5O3.C26H31N5O3.C16H28BNO4.C16H14ClN3O2/c2*1-6-34-24(32)21-16-20(18-12-14-30(15-13-18)25(33)28-26(3,4)5)22-17(2)29-31(23(22)27-21)19-10-8-7-9-11-19;1-14(2,3)20-13(19)18-10-8-12(9-11-18)17-21-15(4,5)16(6,7)22-17;1-3-22-16(21)13-9-12(17)14-10(2)19-20(15(14)18-13)11-7-5-4-6-8-11/h7-11,16,18H,6,12-15H2,1-5H3,(H,28,33);7-12,16H,6,13-15H2,1-5H3,(H,28,33);8H,9-11H2,1-7H3;4-9H,3H2,1-2H3. The van der Waals surface area contributed by atoms with E-state index in [4.69, 9.17) is 50.1 Å². The summed E-state index contributed by atoms with van der Waals surface area (Å²) in [7, 11) is -0.314. The average Bonchev–Trinajstić information content (AvgIpc) is 1.59. The molecule has 2 saturated heterocycles. The molecule has 2 fully saturated rings. The minimum absolute atomic E-state index is 0.0360. The second-order valence-electron chi connectivity index (χ2n) is 32.0. The summed E-state index contributed by atoms with van der Waals surface area (Å²) in [4.78, 5) is 93.6. The molecule has 26 nitrogen and oxygen atoms in total. The smallest absolute Gasteiger partial charge is 0.461 e. The first-order chi connectivity index (χ1) is 52.9. The number of para-hydroxylation sites is 3. The van der Waals surface area contributed by atoms with Gasteiger partial charge in [0.1, 0.15) is 5.60 Å². The monoisotopic (exact) mass is 1550 g/mol. The van der Waals surface area contributed by atoms with E-state index in [1.54, 1.807) is 50.7 Å². The molecule has 2 N–H and O–H groups in total. The van der Waals surface area contributed by atoms with Gasteiger partial charge in [-0.1, -0.05) is 78.4 Å². The Hall–Kier alpha value is -10.5. The molecule has 6 aromatic heterocycles. The molecule has 112 heavy (non-hydrogen) atoms. The number of aromatic nitrogens is 9. The van der Waals surface area contributed by atoms with Gasteiger partial charge >= 0.3 is 43.2 Å². The first-order valence-electron chi connectivity index (χ1n) is 38.3. The van der Waals surface area contributed by atoms with Crippen molar-refractivity contribution in [2.75, 3.05) is 59.1 Å². The normalized spacial score (nSPS) is 15.7. The van der Waals surface area contributed by atoms with Crippen molar-refractivity contribution in [2.45, 2.75) is 191 Å². The molecule has 4 aliphatic heterocycles. The summed E-state index contributed by atoms with van der Waals surface area (Å²) in [5, 5.41) is 23.1. The third-order valence-electron chi connectivity index (χ3n) is 19.4. The fourth-order valence-electron chi connectivity index (χ4n) is 13.3. The molecule has 0 atom stereocenters. The minimum Gasteiger partial charge on any atom is -0.461 e. The molecule has 0 unspecified atom stereocenters. The van der Waals surface area contributed by atoms with E-state index >= 15 is 0 Å². The quantitative estimate of drug-likeness (QED) is 0.0653. The Morgan fingerprint density at radius 3 is 1.34 bits per heavy atom. The number of likely N-dealkylation sites (tertiary alicyclic amines) is 1. The molecule has 10 heterocycles. The summed E-state index contributed by atoms with van der Waals surface area (Å²) in [6.07, 6.45) is 6.82. The third-order valence-corrected chi connectivity index (χ3v) is 19.7. The number of nitrogens with zero attached hydrogens (tertiary/aromatic N) is 12. The predicted octanol–water partition coefficient (Wildman–Crippen LogP) is 15.8. The maximum atomic E-state index is 12.7. The number of amides is 5. The van der Waals surface area contributed by atoms with E-state index in [0.29, 0.717) is 67.7 Å². The van der Waals surface area contributed by atoms with Crippen LogP contribution in [0.4, 0.5) is 14.4 Å². The lowest BCUT2D eigenvalue weighted by Gasteiger charge is -2.34. The maximum Gasteiger partial charge on any atom is 0.490 e. The summed E-state index contributed by atoms with van der Waals surface area (Å²) in [6, 6.07) is 34.2. The first kappa shape index (κ1) is 84.0. The number of ether oxygens (including phenoxy) is 4. The molecule has 594 valence electrons. The van der Waals surface area contributed by atoms with Gasteiger partial charge in [-0.25, -0.2) is 57.8 Å². The van der Waals surface area contributed by atoms with E-state index in [-0.39, 0.29) is 90.4 Å². The molecule has 0 radical (unpaired) electrons. The van der Waals surface area contributed by atoms with Crippen molar-refractivity contribution >= 4 is 93.5 Å². The van der Waals surface area contributed by atoms with Crippen molar-refractivity contribution in [3.05, 3.63) is 177 Å². The molecular weight excluding hydrogens is 1440 g/mol. The van der Waals surface area contributed by atoms with Gasteiger partial charge in [0.15, 0.2) is 34.0 Å². The summed E-state index contributed by atoms with van der Waals surface area (Å²) < 4.78 is 38.3. The number of aryl methyl sites for hydroxylation is 3. The molecule has 0 aliphatic carbocycles. The molecule has 3 aromatic carbocycles. The van der Waals surface area contributed by atoms with Crippen LogP contribution in [0.3, 0.4) is 0 Å². The summed E-state index contributed by atoms with van der Waals surface area (Å²) in [5.74, 6) is -1.22. The van der Waals surface area contributed by atoms with Crippen LogP contribution in [0.15, 0.2) is 127 Å². The van der Waals surface area contributed by atoms with Crippen molar-refractivity contribution in [3.63, 3.8) is 0 Å². The van der Waals surface area contributed by atoms with E-state index in [0.717, 1.165) is 91.7 Å². The second kappa shape index (κ2) is 35.0. The van der Waals surface area contributed by atoms with Crippen LogP contribution in [-0.4, -0.2) is 189 Å². The number of hydrogen-bond acceptors (Lipinski definition) is 18. The Bertz CT molecular complexity index is 4960. The summed E-state index contributed by atoms with van der Waals surface area (Å²) >= 11 is 6.31. The highest BCUT2D eigenvalue weighted by Gasteiger charge is 2.52. The molecule has 0 saturated carbocycles. The highest BCUT2D eigenvalue weighted by molar-refractivity contribution is 6.54. The second-order valence-corrected chi connectivity index (χ2v) is 32.4. The van der Waals surface area contributed by atoms with Crippen LogP contribution in [-0.2, 0) is 28.3 Å². The average molecular weight is 1550 g/mol. The van der Waals surface area contributed by atoms with Crippen LogP contribution in [0, 0.1) is 20.8 Å². The zero-order valence-corrected chi connectivity index (χ0v) is 68.8. The number of benzene rings is 3. The SMILES string of the molecule is CC(C)(C)OC(=O)N1CC=C(B2OC(C)(C)C(C)(C)O2)CC1.CCOC(=O)c1cc(C2=CCN(C(=O)NC(C)(C)C)CC2)c2c(C)nn(-c3ccccc3)c2n1.CCOC(=O)c1cc(C2CCN(C(=O)NC(C)(C)C)CC2)c2c(C)nn(-c3ccccc3)c2n1.CCOC(=O)c1cc(Cl)c2c(C)nn(-c3ccccc3)c2n1. The largest absolute Gasteiger partial charge is 0.490 e. The van der Waals surface area contributed by atoms with Crippen molar-refractivity contribution in [3.8, 4) is 17.1 Å². The topological polar surface area (TPSA) is 284 Å². The first-order valence-corrected chi connectivity index (χ1v) is 38.7. The Morgan fingerprint density at radius 2 is 0.920 bits per heavy atom. The van der Waals surface area contributed by atoms with Gasteiger partial charge in [0.25, 0.3) is 0 Å². The molecular formula is C84H106BClN14O12. The van der Waals surface area contributed by atoms with Gasteiger partial charge in [0.05, 0.1) is 75.6 Å². The lowest BCUT2D eigenvalue weighted by Crippen LogP contribution is -2.50. The van der Waals surface area contributed by atoms with Crippen LogP contribution in [0.5, 0.6) is 0 Å². The predicted molar refractivity (Wildman–Crippen MR) is 435 cm³/mol. The number of urea groups is 2. The minimum atomic E-state index is -0.496. The van der Waals surface area contributed by atoms with Gasteiger partial charge in [0.2, 0.25) is 0 Å². The fourth-order valence-corrected chi connectivity index (χ4v) is 13.6. The highest BCUT2D eigenvalue weighted by atomic mass is 35.5. The number of hydrogen-bond donors (Lipinski definition) is 2. The zero-order chi connectivity index (χ0) is 81.4. The van der Waals surface area contributed by atoms with Crippen molar-refractivity contribution < 1.29 is 57.0 Å². The van der Waals surface area contributed by atoms with E-state index in [9.17, 15) is 28.8 Å².